The van der Waals surface area contributed by atoms with E-state index in [1.807, 2.05) is 0 Å². The van der Waals surface area contributed by atoms with Crippen LogP contribution in [0.3, 0.4) is 0 Å². The van der Waals surface area contributed by atoms with Gasteiger partial charge in [-0.2, -0.15) is 4.31 Å². The summed E-state index contributed by atoms with van der Waals surface area (Å²) in [6.45, 7) is 0.742. The van der Waals surface area contributed by atoms with Gasteiger partial charge in [0.05, 0.1) is 3.79 Å². The number of nitrogens with one attached hydrogen (secondary N) is 1. The van der Waals surface area contributed by atoms with Gasteiger partial charge in [0, 0.05) is 19.6 Å². The topological polar surface area (TPSA) is 86.7 Å². The van der Waals surface area contributed by atoms with Gasteiger partial charge in [-0.15, -0.1) is 11.3 Å². The summed E-state index contributed by atoms with van der Waals surface area (Å²) in [4.78, 5) is 11.1. The molecule has 1 aliphatic heterocycles. The van der Waals surface area contributed by atoms with E-state index >= 15 is 0 Å². The number of hydrogen-bond acceptors (Lipinski definition) is 5. The standard InChI is InChI=1S/C9H11BrN2O4S2/c10-7-1-2-8(17-7)18(15,16)12-4-3-11-5-6(12)9(13)14/h1-2,6,11H,3-5H2,(H,13,14)/t6-/m1/s1. The molecule has 0 unspecified atom stereocenters. The minimum atomic E-state index is -3.73. The maximum absolute atomic E-state index is 12.3. The van der Waals surface area contributed by atoms with Crippen molar-refractivity contribution in [3.63, 3.8) is 0 Å². The van der Waals surface area contributed by atoms with Crippen molar-refractivity contribution in [3.05, 3.63) is 15.9 Å². The Morgan fingerprint density at radius 3 is 2.83 bits per heavy atom. The van der Waals surface area contributed by atoms with Crippen LogP contribution in [0.1, 0.15) is 0 Å². The molecule has 1 aromatic rings. The van der Waals surface area contributed by atoms with Crippen LogP contribution in [0.4, 0.5) is 0 Å². The van der Waals surface area contributed by atoms with E-state index in [-0.39, 0.29) is 17.3 Å². The van der Waals surface area contributed by atoms with Crippen molar-refractivity contribution >= 4 is 43.3 Å². The molecule has 1 saturated heterocycles. The Labute approximate surface area is 117 Å². The number of carboxylic acid groups (broad SMARTS) is 1. The van der Waals surface area contributed by atoms with Gasteiger partial charge >= 0.3 is 5.97 Å². The van der Waals surface area contributed by atoms with Gasteiger partial charge in [-0.25, -0.2) is 8.42 Å². The molecule has 0 aromatic carbocycles. The van der Waals surface area contributed by atoms with Crippen molar-refractivity contribution < 1.29 is 18.3 Å². The number of nitrogens with zero attached hydrogens (tertiary/aromatic N) is 1. The summed E-state index contributed by atoms with van der Waals surface area (Å²) in [6.07, 6.45) is 0. The molecule has 0 aliphatic carbocycles. The maximum atomic E-state index is 12.3. The van der Waals surface area contributed by atoms with E-state index < -0.39 is 22.0 Å². The van der Waals surface area contributed by atoms with E-state index in [4.69, 9.17) is 5.11 Å². The number of carbonyl (C=O) groups is 1. The summed E-state index contributed by atoms with van der Waals surface area (Å²) >= 11 is 4.28. The van der Waals surface area contributed by atoms with Gasteiger partial charge < -0.3 is 10.4 Å². The second kappa shape index (κ2) is 5.25. The van der Waals surface area contributed by atoms with Gasteiger partial charge in [0.25, 0.3) is 10.0 Å². The Bertz CT molecular complexity index is 557. The monoisotopic (exact) mass is 354 g/mol. The lowest BCUT2D eigenvalue weighted by Crippen LogP contribution is -2.56. The van der Waals surface area contributed by atoms with Crippen molar-refractivity contribution in [2.75, 3.05) is 19.6 Å². The molecular weight excluding hydrogens is 344 g/mol. The third kappa shape index (κ3) is 2.59. The van der Waals surface area contributed by atoms with Crippen LogP contribution in [0.25, 0.3) is 0 Å². The lowest BCUT2D eigenvalue weighted by molar-refractivity contribution is -0.141. The van der Waals surface area contributed by atoms with Crippen LogP contribution >= 0.6 is 27.3 Å². The van der Waals surface area contributed by atoms with Crippen LogP contribution in [0.2, 0.25) is 0 Å². The molecule has 0 spiro atoms. The Kier molecular flexibility index (Phi) is 4.07. The number of carboxylic acids is 1. The second-order valence-electron chi connectivity index (χ2n) is 3.73. The highest BCUT2D eigenvalue weighted by Crippen LogP contribution is 2.29. The fourth-order valence-electron chi connectivity index (χ4n) is 1.74. The van der Waals surface area contributed by atoms with Crippen LogP contribution < -0.4 is 5.32 Å². The second-order valence-corrected chi connectivity index (χ2v) is 8.31. The molecule has 100 valence electrons. The molecule has 1 atom stereocenters. The molecule has 1 aromatic heterocycles. The number of piperazine rings is 1. The SMILES string of the molecule is O=C(O)[C@H]1CNCCN1S(=O)(=O)c1ccc(Br)s1. The minimum absolute atomic E-state index is 0.126. The Hall–Kier alpha value is -0.480. The number of halogens is 1. The van der Waals surface area contributed by atoms with Gasteiger partial charge in [-0.1, -0.05) is 0 Å². The molecule has 9 heteroatoms. The van der Waals surface area contributed by atoms with E-state index in [0.717, 1.165) is 15.6 Å². The average molecular weight is 355 g/mol. The molecular formula is C9H11BrN2O4S2. The van der Waals surface area contributed by atoms with Crippen LogP contribution in [0, 0.1) is 0 Å². The van der Waals surface area contributed by atoms with Gasteiger partial charge in [0.15, 0.2) is 0 Å². The third-order valence-corrected chi connectivity index (χ3v) is 6.59. The molecule has 6 nitrogen and oxygen atoms in total. The summed E-state index contributed by atoms with van der Waals surface area (Å²) in [5.41, 5.74) is 0. The highest BCUT2D eigenvalue weighted by molar-refractivity contribution is 9.11. The first-order chi connectivity index (χ1) is 8.43. The van der Waals surface area contributed by atoms with Crippen LogP contribution in [-0.4, -0.2) is 49.5 Å². The highest BCUT2D eigenvalue weighted by Gasteiger charge is 2.38. The number of thiophene rings is 1. The largest absolute Gasteiger partial charge is 0.480 e. The molecule has 1 aliphatic rings. The smallest absolute Gasteiger partial charge is 0.323 e. The first-order valence-corrected chi connectivity index (χ1v) is 8.18. The predicted octanol–water partition coefficient (Wildman–Crippen LogP) is 0.558. The number of rotatable bonds is 3. The van der Waals surface area contributed by atoms with Gasteiger partial charge in [0.1, 0.15) is 10.3 Å². The summed E-state index contributed by atoms with van der Waals surface area (Å²) in [7, 11) is -3.73. The molecule has 2 N–H and O–H groups in total. The number of hydrogen-bond donors (Lipinski definition) is 2. The summed E-state index contributed by atoms with van der Waals surface area (Å²) in [6, 6.07) is 2.06. The molecule has 2 rings (SSSR count). The quantitative estimate of drug-likeness (QED) is 0.827. The summed E-state index contributed by atoms with van der Waals surface area (Å²) in [5.74, 6) is -1.14. The Morgan fingerprint density at radius 2 is 2.28 bits per heavy atom. The van der Waals surface area contributed by atoms with Gasteiger partial charge in [-0.3, -0.25) is 4.79 Å². The number of sulfonamides is 1. The first kappa shape index (κ1) is 13.9. The fourth-order valence-corrected chi connectivity index (χ4v) is 5.46. The maximum Gasteiger partial charge on any atom is 0.323 e. The molecule has 2 heterocycles. The zero-order chi connectivity index (χ0) is 13.3. The highest BCUT2D eigenvalue weighted by atomic mass is 79.9. The summed E-state index contributed by atoms with van der Waals surface area (Å²) in [5, 5.41) is 12.0. The zero-order valence-corrected chi connectivity index (χ0v) is 12.4. The van der Waals surface area contributed by atoms with Crippen molar-refractivity contribution in [2.45, 2.75) is 10.3 Å². The summed E-state index contributed by atoms with van der Waals surface area (Å²) < 4.78 is 26.6. The van der Waals surface area contributed by atoms with Crippen LogP contribution in [0.15, 0.2) is 20.1 Å². The molecule has 1 fully saturated rings. The minimum Gasteiger partial charge on any atom is -0.480 e. The van der Waals surface area contributed by atoms with E-state index in [2.05, 4.69) is 21.2 Å². The predicted molar refractivity (Wildman–Crippen MR) is 70.2 cm³/mol. The van der Waals surface area contributed by atoms with Crippen LogP contribution in [-0.2, 0) is 14.8 Å². The lowest BCUT2D eigenvalue weighted by atomic mass is 10.2. The van der Waals surface area contributed by atoms with Crippen molar-refractivity contribution in [2.24, 2.45) is 0 Å². The lowest BCUT2D eigenvalue weighted by Gasteiger charge is -2.31. The van der Waals surface area contributed by atoms with Crippen molar-refractivity contribution in [3.8, 4) is 0 Å². The molecule has 18 heavy (non-hydrogen) atoms. The fraction of sp³-hybridized carbons (Fsp3) is 0.444. The van der Waals surface area contributed by atoms with E-state index in [0.29, 0.717) is 10.3 Å². The first-order valence-electron chi connectivity index (χ1n) is 5.13. The molecule has 0 amide bonds. The van der Waals surface area contributed by atoms with Gasteiger partial charge in [0.2, 0.25) is 0 Å². The molecule has 0 radical (unpaired) electrons. The average Bonchev–Trinajstić information content (AvgIpc) is 2.76. The Morgan fingerprint density at radius 1 is 1.56 bits per heavy atom. The van der Waals surface area contributed by atoms with E-state index in [9.17, 15) is 13.2 Å². The van der Waals surface area contributed by atoms with E-state index in [1.54, 1.807) is 6.07 Å². The van der Waals surface area contributed by atoms with Gasteiger partial charge in [-0.05, 0) is 28.1 Å². The Balaban J connectivity index is 2.36. The zero-order valence-electron chi connectivity index (χ0n) is 9.17. The van der Waals surface area contributed by atoms with Crippen molar-refractivity contribution in [1.82, 2.24) is 9.62 Å². The molecule has 0 bridgehead atoms. The van der Waals surface area contributed by atoms with Crippen LogP contribution in [0.5, 0.6) is 0 Å². The van der Waals surface area contributed by atoms with Crippen molar-refractivity contribution in [1.29, 1.82) is 0 Å². The number of aliphatic carboxylic acids is 1. The third-order valence-electron chi connectivity index (χ3n) is 2.59. The molecule has 0 saturated carbocycles. The van der Waals surface area contributed by atoms with E-state index in [1.165, 1.54) is 6.07 Å². The normalized spacial score (nSPS) is 21.9.